The maximum Gasteiger partial charge on any atom is 0.256 e. The number of hydrogen-bond acceptors (Lipinski definition) is 2. The first kappa shape index (κ1) is 11.6. The third-order valence-corrected chi connectivity index (χ3v) is 3.56. The molecule has 2 rings (SSSR count). The van der Waals surface area contributed by atoms with E-state index in [0.717, 1.165) is 0 Å². The first-order valence-corrected chi connectivity index (χ1v) is 5.69. The van der Waals surface area contributed by atoms with Crippen LogP contribution in [0.15, 0.2) is 18.2 Å². The largest absolute Gasteiger partial charge is 0.345 e. The van der Waals surface area contributed by atoms with Gasteiger partial charge >= 0.3 is 0 Å². The summed E-state index contributed by atoms with van der Waals surface area (Å²) < 4.78 is 0. The molecule has 1 unspecified atom stereocenters. The Bertz CT molecular complexity index is 492. The highest BCUT2D eigenvalue weighted by molar-refractivity contribution is 7.80. The molecule has 0 saturated carbocycles. The van der Waals surface area contributed by atoms with Crippen LogP contribution in [0.1, 0.15) is 12.5 Å². The molecule has 2 N–H and O–H groups in total. The molecule has 1 amide bonds. The number of amides is 1. The lowest BCUT2D eigenvalue weighted by molar-refractivity contribution is -0.123. The minimum Gasteiger partial charge on any atom is -0.345 e. The van der Waals surface area contributed by atoms with Gasteiger partial charge < -0.3 is 10.6 Å². The van der Waals surface area contributed by atoms with E-state index in [-0.39, 0.29) is 5.91 Å². The minimum absolute atomic E-state index is 0.235. The molecule has 0 bridgehead atoms. The molecule has 6 heteroatoms. The van der Waals surface area contributed by atoms with Crippen LogP contribution in [0.25, 0.3) is 0 Å². The number of nitrogens with one attached hydrogen (secondary N) is 2. The number of carbonyl (C=O) groups is 1. The van der Waals surface area contributed by atoms with E-state index in [1.165, 1.54) is 0 Å². The molecule has 1 aromatic carbocycles. The molecule has 1 aliphatic rings. The van der Waals surface area contributed by atoms with Crippen LogP contribution in [0, 0.1) is 0 Å². The lowest BCUT2D eigenvalue weighted by atomic mass is 9.92. The molecule has 0 spiro atoms. The van der Waals surface area contributed by atoms with Crippen LogP contribution in [0.4, 0.5) is 0 Å². The second-order valence-electron chi connectivity index (χ2n) is 3.63. The maximum atomic E-state index is 11.8. The Morgan fingerprint density at radius 3 is 2.62 bits per heavy atom. The Morgan fingerprint density at radius 1 is 1.38 bits per heavy atom. The topological polar surface area (TPSA) is 41.1 Å². The Hall–Kier alpha value is -0.840. The summed E-state index contributed by atoms with van der Waals surface area (Å²) in [6, 6.07) is 5.15. The molecule has 1 aliphatic heterocycles. The summed E-state index contributed by atoms with van der Waals surface area (Å²) in [5.41, 5.74) is -0.349. The normalized spacial score (nSPS) is 24.2. The van der Waals surface area contributed by atoms with Crippen molar-refractivity contribution in [1.29, 1.82) is 0 Å². The molecular formula is C10H8Cl2N2OS. The van der Waals surface area contributed by atoms with Crippen LogP contribution in [0.5, 0.6) is 0 Å². The van der Waals surface area contributed by atoms with Crippen molar-refractivity contribution in [3.8, 4) is 0 Å². The summed E-state index contributed by atoms with van der Waals surface area (Å²) in [5, 5.41) is 6.49. The lowest BCUT2D eigenvalue weighted by Gasteiger charge is -2.23. The SMILES string of the molecule is CC1(c2cccc(Cl)c2Cl)NC(=S)NC1=O. The quantitative estimate of drug-likeness (QED) is 0.772. The van der Waals surface area contributed by atoms with E-state index in [2.05, 4.69) is 10.6 Å². The van der Waals surface area contributed by atoms with Gasteiger partial charge in [-0.2, -0.15) is 0 Å². The third kappa shape index (κ3) is 1.67. The average Bonchev–Trinajstić information content (AvgIpc) is 2.46. The van der Waals surface area contributed by atoms with E-state index < -0.39 is 5.54 Å². The Morgan fingerprint density at radius 2 is 2.06 bits per heavy atom. The summed E-state index contributed by atoms with van der Waals surface area (Å²) >= 11 is 16.9. The third-order valence-electron chi connectivity index (χ3n) is 2.53. The molecule has 1 saturated heterocycles. The first-order valence-electron chi connectivity index (χ1n) is 4.53. The molecule has 1 fully saturated rings. The fourth-order valence-corrected chi connectivity index (χ4v) is 2.41. The van der Waals surface area contributed by atoms with Gasteiger partial charge in [0.25, 0.3) is 5.91 Å². The van der Waals surface area contributed by atoms with Gasteiger partial charge in [0.05, 0.1) is 10.0 Å². The summed E-state index contributed by atoms with van der Waals surface area (Å²) in [6.45, 7) is 1.71. The van der Waals surface area contributed by atoms with E-state index in [1.807, 2.05) is 0 Å². The molecule has 1 atom stereocenters. The molecule has 1 heterocycles. The highest BCUT2D eigenvalue weighted by Crippen LogP contribution is 2.34. The Labute approximate surface area is 108 Å². The number of rotatable bonds is 1. The van der Waals surface area contributed by atoms with E-state index in [4.69, 9.17) is 35.4 Å². The molecule has 84 valence electrons. The van der Waals surface area contributed by atoms with Gasteiger partial charge in [-0.1, -0.05) is 35.3 Å². The van der Waals surface area contributed by atoms with Crippen molar-refractivity contribution < 1.29 is 4.79 Å². The van der Waals surface area contributed by atoms with Crippen LogP contribution >= 0.6 is 35.4 Å². The number of thiocarbonyl (C=S) groups is 1. The number of carbonyl (C=O) groups excluding carboxylic acids is 1. The Balaban J connectivity index is 2.56. The number of halogens is 2. The monoisotopic (exact) mass is 274 g/mol. The molecule has 0 aliphatic carbocycles. The lowest BCUT2D eigenvalue weighted by Crippen LogP contribution is -2.40. The fourth-order valence-electron chi connectivity index (χ4n) is 1.62. The Kier molecular flexibility index (Phi) is 2.82. The van der Waals surface area contributed by atoms with Crippen LogP contribution in [-0.4, -0.2) is 11.0 Å². The molecule has 3 nitrogen and oxygen atoms in total. The second-order valence-corrected chi connectivity index (χ2v) is 4.83. The zero-order chi connectivity index (χ0) is 11.9. The van der Waals surface area contributed by atoms with E-state index >= 15 is 0 Å². The average molecular weight is 275 g/mol. The molecule has 0 radical (unpaired) electrons. The zero-order valence-corrected chi connectivity index (χ0v) is 10.6. The van der Waals surface area contributed by atoms with Crippen molar-refractivity contribution in [3.63, 3.8) is 0 Å². The van der Waals surface area contributed by atoms with Crippen LogP contribution in [0.2, 0.25) is 10.0 Å². The standard InChI is InChI=1S/C10H8Cl2N2OS/c1-10(8(15)13-9(16)14-10)5-3-2-4-6(11)7(5)12/h2-4H,1H3,(H2,13,14,15,16). The zero-order valence-electron chi connectivity index (χ0n) is 8.30. The van der Waals surface area contributed by atoms with Crippen LogP contribution in [-0.2, 0) is 10.3 Å². The van der Waals surface area contributed by atoms with Gasteiger partial charge in [-0.25, -0.2) is 0 Å². The summed E-state index contributed by atoms with van der Waals surface area (Å²) in [7, 11) is 0. The van der Waals surface area contributed by atoms with E-state index in [9.17, 15) is 4.79 Å². The fraction of sp³-hybridized carbons (Fsp3) is 0.200. The second kappa shape index (κ2) is 3.87. The van der Waals surface area contributed by atoms with Gasteiger partial charge in [-0.3, -0.25) is 4.79 Å². The van der Waals surface area contributed by atoms with Crippen molar-refractivity contribution in [2.45, 2.75) is 12.5 Å². The summed E-state index contributed by atoms with van der Waals surface area (Å²) in [4.78, 5) is 11.8. The van der Waals surface area contributed by atoms with E-state index in [1.54, 1.807) is 25.1 Å². The van der Waals surface area contributed by atoms with Crippen molar-refractivity contribution in [1.82, 2.24) is 10.6 Å². The predicted molar refractivity (Wildman–Crippen MR) is 67.7 cm³/mol. The van der Waals surface area contributed by atoms with Crippen LogP contribution in [0.3, 0.4) is 0 Å². The summed E-state index contributed by atoms with van der Waals surface area (Å²) in [6.07, 6.45) is 0. The van der Waals surface area contributed by atoms with Gasteiger partial charge in [0.15, 0.2) is 5.11 Å². The highest BCUT2D eigenvalue weighted by atomic mass is 35.5. The van der Waals surface area contributed by atoms with Crippen molar-refractivity contribution in [3.05, 3.63) is 33.8 Å². The van der Waals surface area contributed by atoms with Gasteiger partial charge in [-0.15, -0.1) is 0 Å². The highest BCUT2D eigenvalue weighted by Gasteiger charge is 2.43. The number of benzene rings is 1. The predicted octanol–water partition coefficient (Wildman–Crippen LogP) is 2.21. The van der Waals surface area contributed by atoms with Crippen molar-refractivity contribution >= 4 is 46.4 Å². The van der Waals surface area contributed by atoms with Gasteiger partial charge in [0.2, 0.25) is 0 Å². The van der Waals surface area contributed by atoms with Crippen molar-refractivity contribution in [2.75, 3.05) is 0 Å². The van der Waals surface area contributed by atoms with Crippen molar-refractivity contribution in [2.24, 2.45) is 0 Å². The van der Waals surface area contributed by atoms with Gasteiger partial charge in [0, 0.05) is 5.56 Å². The molecule has 16 heavy (non-hydrogen) atoms. The van der Waals surface area contributed by atoms with Gasteiger partial charge in [-0.05, 0) is 25.2 Å². The number of hydrogen-bond donors (Lipinski definition) is 2. The molecule has 1 aromatic rings. The first-order chi connectivity index (χ1) is 7.45. The minimum atomic E-state index is -0.959. The maximum absolute atomic E-state index is 11.8. The molecule has 0 aromatic heterocycles. The summed E-state index contributed by atoms with van der Waals surface area (Å²) in [5.74, 6) is -0.235. The van der Waals surface area contributed by atoms with E-state index in [0.29, 0.717) is 20.7 Å². The van der Waals surface area contributed by atoms with Crippen LogP contribution < -0.4 is 10.6 Å². The molecular weight excluding hydrogens is 267 g/mol. The smallest absolute Gasteiger partial charge is 0.256 e. The van der Waals surface area contributed by atoms with Gasteiger partial charge in [0.1, 0.15) is 5.54 Å².